The van der Waals surface area contributed by atoms with Crippen LogP contribution in [0.3, 0.4) is 0 Å². The van der Waals surface area contributed by atoms with E-state index in [4.69, 9.17) is 11.6 Å². The normalized spacial score (nSPS) is 12.3. The highest BCUT2D eigenvalue weighted by Crippen LogP contribution is 2.23. The van der Waals surface area contributed by atoms with Crippen molar-refractivity contribution < 1.29 is 18.0 Å². The van der Waals surface area contributed by atoms with E-state index in [1.165, 1.54) is 4.31 Å². The van der Waals surface area contributed by atoms with E-state index in [1.54, 1.807) is 29.2 Å². The van der Waals surface area contributed by atoms with Gasteiger partial charge in [0, 0.05) is 31.1 Å². The Morgan fingerprint density at radius 1 is 1.06 bits per heavy atom. The number of amides is 2. The van der Waals surface area contributed by atoms with Crippen LogP contribution in [-0.4, -0.2) is 50.5 Å². The summed E-state index contributed by atoms with van der Waals surface area (Å²) in [5.41, 5.74) is 1.38. The van der Waals surface area contributed by atoms with Gasteiger partial charge >= 0.3 is 0 Å². The molecule has 0 saturated heterocycles. The van der Waals surface area contributed by atoms with Crippen LogP contribution in [0.2, 0.25) is 5.02 Å². The zero-order valence-electron chi connectivity index (χ0n) is 20.9. The van der Waals surface area contributed by atoms with Gasteiger partial charge in [0.15, 0.2) is 0 Å². The van der Waals surface area contributed by atoms with E-state index >= 15 is 0 Å². The Balaban J connectivity index is 2.18. The van der Waals surface area contributed by atoms with E-state index in [9.17, 15) is 18.0 Å². The molecule has 2 aromatic carbocycles. The molecule has 0 fully saturated rings. The smallest absolute Gasteiger partial charge is 0.242 e. The first kappa shape index (κ1) is 28.7. The standard InChI is InChI=1S/C26H36ClN3O4S/c1-5-24(26(32)28-18-20(2)3)29(19-21-11-7-6-8-12-21)25(31)15-10-16-30(35(4,33)34)23-14-9-13-22(27)17-23/h6-9,11-14,17,20,24H,5,10,15-16,18-19H2,1-4H3,(H,28,32). The summed E-state index contributed by atoms with van der Waals surface area (Å²) in [5, 5.41) is 3.37. The second kappa shape index (κ2) is 13.5. The first-order chi connectivity index (χ1) is 16.5. The molecule has 7 nitrogen and oxygen atoms in total. The van der Waals surface area contributed by atoms with E-state index in [0.29, 0.717) is 42.6 Å². The predicted molar refractivity (Wildman–Crippen MR) is 142 cm³/mol. The molecule has 192 valence electrons. The van der Waals surface area contributed by atoms with E-state index in [2.05, 4.69) is 5.32 Å². The van der Waals surface area contributed by atoms with Gasteiger partial charge in [0.25, 0.3) is 0 Å². The van der Waals surface area contributed by atoms with Gasteiger partial charge in [-0.2, -0.15) is 0 Å². The van der Waals surface area contributed by atoms with Crippen molar-refractivity contribution in [2.75, 3.05) is 23.7 Å². The summed E-state index contributed by atoms with van der Waals surface area (Å²) in [7, 11) is -3.57. The van der Waals surface area contributed by atoms with Crippen molar-refractivity contribution >= 4 is 39.1 Å². The lowest BCUT2D eigenvalue weighted by Gasteiger charge is -2.31. The molecule has 0 saturated carbocycles. The molecule has 1 unspecified atom stereocenters. The fraction of sp³-hybridized carbons (Fsp3) is 0.462. The Morgan fingerprint density at radius 2 is 1.74 bits per heavy atom. The maximum atomic E-state index is 13.4. The largest absolute Gasteiger partial charge is 0.354 e. The van der Waals surface area contributed by atoms with Crippen molar-refractivity contribution in [3.8, 4) is 0 Å². The molecule has 1 atom stereocenters. The first-order valence-corrected chi connectivity index (χ1v) is 14.1. The number of hydrogen-bond acceptors (Lipinski definition) is 4. The number of anilines is 1. The molecule has 0 radical (unpaired) electrons. The summed E-state index contributed by atoms with van der Waals surface area (Å²) in [5.74, 6) is -0.0784. The monoisotopic (exact) mass is 521 g/mol. The Kier molecular flexibility index (Phi) is 11.0. The van der Waals surface area contributed by atoms with Crippen LogP contribution in [0, 0.1) is 5.92 Å². The number of benzene rings is 2. The number of sulfonamides is 1. The minimum Gasteiger partial charge on any atom is -0.354 e. The molecule has 0 aliphatic carbocycles. The van der Waals surface area contributed by atoms with Crippen molar-refractivity contribution in [1.82, 2.24) is 10.2 Å². The van der Waals surface area contributed by atoms with Gasteiger partial charge in [-0.3, -0.25) is 13.9 Å². The van der Waals surface area contributed by atoms with Crippen molar-refractivity contribution in [1.29, 1.82) is 0 Å². The number of halogens is 1. The number of nitrogens with zero attached hydrogens (tertiary/aromatic N) is 2. The van der Waals surface area contributed by atoms with Crippen molar-refractivity contribution in [3.05, 3.63) is 65.2 Å². The number of nitrogens with one attached hydrogen (secondary N) is 1. The molecule has 0 heterocycles. The zero-order valence-corrected chi connectivity index (χ0v) is 22.5. The lowest BCUT2D eigenvalue weighted by molar-refractivity contribution is -0.141. The zero-order chi connectivity index (χ0) is 26.0. The Hall–Kier alpha value is -2.58. The molecular weight excluding hydrogens is 486 g/mol. The van der Waals surface area contributed by atoms with Gasteiger partial charge in [0.1, 0.15) is 6.04 Å². The van der Waals surface area contributed by atoms with Crippen LogP contribution in [0.4, 0.5) is 5.69 Å². The number of hydrogen-bond donors (Lipinski definition) is 1. The highest BCUT2D eigenvalue weighted by Gasteiger charge is 2.28. The Bertz CT molecular complexity index is 1080. The van der Waals surface area contributed by atoms with E-state index < -0.39 is 16.1 Å². The van der Waals surface area contributed by atoms with E-state index in [1.807, 2.05) is 51.1 Å². The summed E-state index contributed by atoms with van der Waals surface area (Å²) in [6.45, 7) is 6.88. The maximum absolute atomic E-state index is 13.4. The minimum atomic E-state index is -3.57. The third-order valence-corrected chi connectivity index (χ3v) is 6.94. The average molecular weight is 522 g/mol. The Morgan fingerprint density at radius 3 is 2.31 bits per heavy atom. The molecule has 0 aliphatic rings. The second-order valence-corrected chi connectivity index (χ2v) is 11.3. The SMILES string of the molecule is CCC(C(=O)NCC(C)C)N(Cc1ccccc1)C(=O)CCCN(c1cccc(Cl)c1)S(C)(=O)=O. The fourth-order valence-electron chi connectivity index (χ4n) is 3.76. The molecule has 0 aliphatic heterocycles. The molecular formula is C26H36ClN3O4S. The van der Waals surface area contributed by atoms with Gasteiger partial charge in [-0.05, 0) is 42.5 Å². The molecule has 35 heavy (non-hydrogen) atoms. The van der Waals surface area contributed by atoms with E-state index in [0.717, 1.165) is 11.8 Å². The Labute approximate surface area is 214 Å². The van der Waals surface area contributed by atoms with Crippen LogP contribution in [0.25, 0.3) is 0 Å². The summed E-state index contributed by atoms with van der Waals surface area (Å²) in [4.78, 5) is 27.9. The third-order valence-electron chi connectivity index (χ3n) is 5.51. The predicted octanol–water partition coefficient (Wildman–Crippen LogP) is 4.47. The molecule has 0 spiro atoms. The highest BCUT2D eigenvalue weighted by molar-refractivity contribution is 7.92. The lowest BCUT2D eigenvalue weighted by Crippen LogP contribution is -2.49. The third kappa shape index (κ3) is 9.18. The highest BCUT2D eigenvalue weighted by atomic mass is 35.5. The van der Waals surface area contributed by atoms with Gasteiger partial charge in [0.05, 0.1) is 11.9 Å². The molecule has 2 aromatic rings. The van der Waals surface area contributed by atoms with Gasteiger partial charge in [0.2, 0.25) is 21.8 Å². The van der Waals surface area contributed by atoms with Crippen LogP contribution in [0.1, 0.15) is 45.6 Å². The van der Waals surface area contributed by atoms with Gasteiger partial charge in [-0.25, -0.2) is 8.42 Å². The quantitative estimate of drug-likeness (QED) is 0.421. The van der Waals surface area contributed by atoms with Gasteiger partial charge in [-0.15, -0.1) is 0 Å². The lowest BCUT2D eigenvalue weighted by atomic mass is 10.1. The first-order valence-electron chi connectivity index (χ1n) is 11.9. The summed E-state index contributed by atoms with van der Waals surface area (Å²) in [6.07, 6.45) is 2.01. The molecule has 0 bridgehead atoms. The van der Waals surface area contributed by atoms with Crippen LogP contribution in [-0.2, 0) is 26.2 Å². The number of carbonyl (C=O) groups is 2. The molecule has 0 aromatic heterocycles. The van der Waals surface area contributed by atoms with Crippen LogP contribution in [0.15, 0.2) is 54.6 Å². The van der Waals surface area contributed by atoms with Gasteiger partial charge < -0.3 is 10.2 Å². The van der Waals surface area contributed by atoms with Crippen LogP contribution in [0.5, 0.6) is 0 Å². The minimum absolute atomic E-state index is 0.105. The summed E-state index contributed by atoms with van der Waals surface area (Å²) < 4.78 is 26.0. The van der Waals surface area contributed by atoms with Crippen LogP contribution >= 0.6 is 11.6 Å². The number of carbonyl (C=O) groups excluding carboxylic acids is 2. The number of rotatable bonds is 13. The molecule has 2 amide bonds. The van der Waals surface area contributed by atoms with Crippen molar-refractivity contribution in [3.63, 3.8) is 0 Å². The average Bonchev–Trinajstić information content (AvgIpc) is 2.80. The summed E-state index contributed by atoms with van der Waals surface area (Å²) in [6, 6.07) is 15.5. The fourth-order valence-corrected chi connectivity index (χ4v) is 4.90. The van der Waals surface area contributed by atoms with Crippen molar-refractivity contribution in [2.45, 2.75) is 52.6 Å². The van der Waals surface area contributed by atoms with Crippen LogP contribution < -0.4 is 9.62 Å². The van der Waals surface area contributed by atoms with E-state index in [-0.39, 0.29) is 24.8 Å². The molecule has 2 rings (SSSR count). The molecule has 9 heteroatoms. The second-order valence-electron chi connectivity index (χ2n) is 8.99. The van der Waals surface area contributed by atoms with Gasteiger partial charge in [-0.1, -0.05) is 68.8 Å². The topological polar surface area (TPSA) is 86.8 Å². The summed E-state index contributed by atoms with van der Waals surface area (Å²) >= 11 is 6.05. The van der Waals surface area contributed by atoms with Crippen molar-refractivity contribution in [2.24, 2.45) is 5.92 Å². The molecule has 1 N–H and O–H groups in total. The maximum Gasteiger partial charge on any atom is 0.242 e.